The largest absolute Gasteiger partial charge is 0.305 e. The number of nitrogens with zero attached hydrogens (tertiary/aromatic N) is 3. The van der Waals surface area contributed by atoms with E-state index in [1.807, 2.05) is 36.4 Å². The van der Waals surface area contributed by atoms with Crippen molar-refractivity contribution in [3.63, 3.8) is 0 Å². The zero-order valence-corrected chi connectivity index (χ0v) is 10.9. The molecule has 0 radical (unpaired) electrons. The fourth-order valence-corrected chi connectivity index (χ4v) is 2.03. The predicted octanol–water partition coefficient (Wildman–Crippen LogP) is 2.37. The second-order valence-corrected chi connectivity index (χ2v) is 4.35. The molecule has 2 heterocycles. The molecule has 2 aromatic heterocycles. The predicted molar refractivity (Wildman–Crippen MR) is 78.2 cm³/mol. The Hall–Kier alpha value is -3.26. The average Bonchev–Trinajstić information content (AvgIpc) is 2.55. The molecule has 5 heteroatoms. The Morgan fingerprint density at radius 2 is 1.71 bits per heavy atom. The van der Waals surface area contributed by atoms with Crippen molar-refractivity contribution >= 4 is 0 Å². The van der Waals surface area contributed by atoms with Gasteiger partial charge in [-0.05, 0) is 12.1 Å². The van der Waals surface area contributed by atoms with Crippen LogP contribution in [0.25, 0.3) is 22.6 Å². The molecular formula is C16H10N4O. The summed E-state index contributed by atoms with van der Waals surface area (Å²) in [6.45, 7) is 0. The molecule has 3 aromatic rings. The van der Waals surface area contributed by atoms with Crippen LogP contribution in [0.3, 0.4) is 0 Å². The zero-order chi connectivity index (χ0) is 14.7. The fourth-order valence-electron chi connectivity index (χ4n) is 2.03. The minimum atomic E-state index is -0.446. The number of H-pyrrole nitrogens is 1. The van der Waals surface area contributed by atoms with E-state index in [0.29, 0.717) is 11.5 Å². The summed E-state index contributed by atoms with van der Waals surface area (Å²) in [5.41, 5.74) is 1.42. The third kappa shape index (κ3) is 2.42. The first-order valence-electron chi connectivity index (χ1n) is 6.30. The van der Waals surface area contributed by atoms with Gasteiger partial charge in [0.1, 0.15) is 17.5 Å². The van der Waals surface area contributed by atoms with Crippen molar-refractivity contribution in [2.45, 2.75) is 0 Å². The van der Waals surface area contributed by atoms with Gasteiger partial charge in [0.2, 0.25) is 0 Å². The minimum absolute atomic E-state index is 0.0130. The molecule has 21 heavy (non-hydrogen) atoms. The van der Waals surface area contributed by atoms with Crippen molar-refractivity contribution in [1.82, 2.24) is 15.0 Å². The normalized spacial score (nSPS) is 10.0. The number of nitriles is 1. The van der Waals surface area contributed by atoms with Crippen molar-refractivity contribution in [1.29, 1.82) is 5.26 Å². The number of rotatable bonds is 2. The van der Waals surface area contributed by atoms with Crippen LogP contribution in [0.2, 0.25) is 0 Å². The Kier molecular flexibility index (Phi) is 3.27. The lowest BCUT2D eigenvalue weighted by atomic mass is 10.1. The first kappa shape index (κ1) is 12.8. The van der Waals surface area contributed by atoms with Crippen LogP contribution in [-0.2, 0) is 0 Å². The average molecular weight is 274 g/mol. The Bertz CT molecular complexity index is 864. The monoisotopic (exact) mass is 274 g/mol. The number of benzene rings is 1. The highest BCUT2D eigenvalue weighted by Gasteiger charge is 2.13. The van der Waals surface area contributed by atoms with E-state index in [1.165, 1.54) is 0 Å². The van der Waals surface area contributed by atoms with E-state index in [-0.39, 0.29) is 5.56 Å². The SMILES string of the molecule is N#Cc1c(-c2ccccc2)nc(-c2ccncc2)[nH]c1=O. The quantitative estimate of drug-likeness (QED) is 0.777. The lowest BCUT2D eigenvalue weighted by Gasteiger charge is -2.06. The van der Waals surface area contributed by atoms with Gasteiger partial charge in [0.05, 0.1) is 5.69 Å². The number of hydrogen-bond donors (Lipinski definition) is 1. The van der Waals surface area contributed by atoms with Crippen molar-refractivity contribution < 1.29 is 0 Å². The molecule has 100 valence electrons. The molecule has 0 fully saturated rings. The van der Waals surface area contributed by atoms with Crippen molar-refractivity contribution in [2.75, 3.05) is 0 Å². The molecule has 0 saturated carbocycles. The second-order valence-electron chi connectivity index (χ2n) is 4.35. The van der Waals surface area contributed by atoms with Gasteiger partial charge in [-0.2, -0.15) is 5.26 Å². The zero-order valence-electron chi connectivity index (χ0n) is 10.9. The van der Waals surface area contributed by atoms with Crippen LogP contribution < -0.4 is 5.56 Å². The Balaban J connectivity index is 2.27. The number of pyridine rings is 1. The van der Waals surface area contributed by atoms with E-state index in [1.54, 1.807) is 24.5 Å². The maximum atomic E-state index is 12.1. The molecule has 0 unspecified atom stereocenters. The third-order valence-corrected chi connectivity index (χ3v) is 3.03. The first-order valence-corrected chi connectivity index (χ1v) is 6.30. The molecule has 0 aliphatic heterocycles. The molecule has 0 spiro atoms. The summed E-state index contributed by atoms with van der Waals surface area (Å²) in [7, 11) is 0. The summed E-state index contributed by atoms with van der Waals surface area (Å²) in [6, 6.07) is 14.6. The van der Waals surface area contributed by atoms with Crippen LogP contribution in [0, 0.1) is 11.3 Å². The van der Waals surface area contributed by atoms with E-state index >= 15 is 0 Å². The molecule has 1 N–H and O–H groups in total. The Labute approximate surface area is 120 Å². The maximum absolute atomic E-state index is 12.1. The summed E-state index contributed by atoms with van der Waals surface area (Å²) < 4.78 is 0. The van der Waals surface area contributed by atoms with Gasteiger partial charge in [-0.1, -0.05) is 30.3 Å². The standard InChI is InChI=1S/C16H10N4O/c17-10-13-14(11-4-2-1-3-5-11)19-15(20-16(13)21)12-6-8-18-9-7-12/h1-9H,(H,19,20,21). The highest BCUT2D eigenvalue weighted by atomic mass is 16.1. The van der Waals surface area contributed by atoms with Crippen molar-refractivity contribution in [2.24, 2.45) is 0 Å². The maximum Gasteiger partial charge on any atom is 0.269 e. The molecule has 5 nitrogen and oxygen atoms in total. The summed E-state index contributed by atoms with van der Waals surface area (Å²) in [5, 5.41) is 9.20. The van der Waals surface area contributed by atoms with E-state index in [4.69, 9.17) is 0 Å². The Morgan fingerprint density at radius 1 is 1.00 bits per heavy atom. The number of aromatic amines is 1. The molecule has 0 atom stereocenters. The van der Waals surface area contributed by atoms with E-state index in [9.17, 15) is 10.1 Å². The molecule has 1 aromatic carbocycles. The van der Waals surface area contributed by atoms with Gasteiger partial charge in [0, 0.05) is 23.5 Å². The van der Waals surface area contributed by atoms with Gasteiger partial charge in [-0.3, -0.25) is 9.78 Å². The van der Waals surface area contributed by atoms with Gasteiger partial charge in [0.25, 0.3) is 5.56 Å². The van der Waals surface area contributed by atoms with E-state index in [2.05, 4.69) is 15.0 Å². The highest BCUT2D eigenvalue weighted by molar-refractivity contribution is 5.68. The Morgan fingerprint density at radius 3 is 2.38 bits per heavy atom. The fraction of sp³-hybridized carbons (Fsp3) is 0. The summed E-state index contributed by atoms with van der Waals surface area (Å²) in [5.74, 6) is 0.417. The van der Waals surface area contributed by atoms with Crippen LogP contribution >= 0.6 is 0 Å². The van der Waals surface area contributed by atoms with Crippen molar-refractivity contribution in [3.05, 3.63) is 70.8 Å². The number of nitrogens with one attached hydrogen (secondary N) is 1. The third-order valence-electron chi connectivity index (χ3n) is 3.03. The summed E-state index contributed by atoms with van der Waals surface area (Å²) in [4.78, 5) is 23.1. The van der Waals surface area contributed by atoms with Crippen LogP contribution in [0.5, 0.6) is 0 Å². The molecular weight excluding hydrogens is 264 g/mol. The van der Waals surface area contributed by atoms with Crippen LogP contribution in [-0.4, -0.2) is 15.0 Å². The van der Waals surface area contributed by atoms with Gasteiger partial charge in [0.15, 0.2) is 0 Å². The highest BCUT2D eigenvalue weighted by Crippen LogP contribution is 2.21. The molecule has 0 bridgehead atoms. The van der Waals surface area contributed by atoms with E-state index < -0.39 is 5.56 Å². The van der Waals surface area contributed by atoms with Crippen LogP contribution in [0.4, 0.5) is 0 Å². The summed E-state index contributed by atoms with van der Waals surface area (Å²) >= 11 is 0. The molecule has 0 aliphatic rings. The second kappa shape index (κ2) is 5.39. The first-order chi connectivity index (χ1) is 10.3. The lowest BCUT2D eigenvalue weighted by Crippen LogP contribution is -2.15. The van der Waals surface area contributed by atoms with Gasteiger partial charge >= 0.3 is 0 Å². The molecule has 3 rings (SSSR count). The molecule has 0 saturated heterocycles. The topological polar surface area (TPSA) is 82.4 Å². The van der Waals surface area contributed by atoms with Gasteiger partial charge < -0.3 is 4.98 Å². The number of aromatic nitrogens is 3. The number of hydrogen-bond acceptors (Lipinski definition) is 4. The minimum Gasteiger partial charge on any atom is -0.305 e. The molecule has 0 aliphatic carbocycles. The van der Waals surface area contributed by atoms with Gasteiger partial charge in [-0.15, -0.1) is 0 Å². The summed E-state index contributed by atoms with van der Waals surface area (Å²) in [6.07, 6.45) is 3.24. The lowest BCUT2D eigenvalue weighted by molar-refractivity contribution is 1.11. The van der Waals surface area contributed by atoms with Gasteiger partial charge in [-0.25, -0.2) is 4.98 Å². The van der Waals surface area contributed by atoms with Crippen LogP contribution in [0.1, 0.15) is 5.56 Å². The molecule has 0 amide bonds. The van der Waals surface area contributed by atoms with E-state index in [0.717, 1.165) is 11.1 Å². The van der Waals surface area contributed by atoms with Crippen molar-refractivity contribution in [3.8, 4) is 28.7 Å². The smallest absolute Gasteiger partial charge is 0.269 e. The van der Waals surface area contributed by atoms with Crippen LogP contribution in [0.15, 0.2) is 59.7 Å².